The van der Waals surface area contributed by atoms with E-state index in [-0.39, 0.29) is 35.2 Å². The number of amides is 1. The lowest BCUT2D eigenvalue weighted by atomic mass is 10.1. The average Bonchev–Trinajstić information content (AvgIpc) is 3.60. The fourth-order valence-corrected chi connectivity index (χ4v) is 4.74. The Morgan fingerprint density at radius 1 is 1.20 bits per heavy atom. The van der Waals surface area contributed by atoms with Crippen molar-refractivity contribution in [3.05, 3.63) is 77.0 Å². The van der Waals surface area contributed by atoms with Gasteiger partial charge in [-0.25, -0.2) is 14.8 Å². The summed E-state index contributed by atoms with van der Waals surface area (Å²) in [5, 5.41) is 20.1. The van der Waals surface area contributed by atoms with Crippen molar-refractivity contribution < 1.29 is 18.7 Å². The van der Waals surface area contributed by atoms with Crippen LogP contribution in [0.15, 0.2) is 65.1 Å². The Bertz CT molecular complexity index is 1540. The fourth-order valence-electron chi connectivity index (χ4n) is 3.78. The predicted molar refractivity (Wildman–Crippen MR) is 130 cm³/mol. The molecule has 2 N–H and O–H groups in total. The molecule has 0 bridgehead atoms. The minimum atomic E-state index is -0.518. The molecule has 2 aromatic carbocycles. The molecule has 0 spiro atoms. The third-order valence-corrected chi connectivity index (χ3v) is 6.41. The van der Waals surface area contributed by atoms with Crippen molar-refractivity contribution in [2.45, 2.75) is 6.42 Å². The highest BCUT2D eigenvalue weighted by atomic mass is 32.1. The maximum absolute atomic E-state index is 12.3. The highest BCUT2D eigenvalue weighted by Crippen LogP contribution is 2.37. The minimum Gasteiger partial charge on any atom is -0.465 e. The maximum atomic E-state index is 12.3. The van der Waals surface area contributed by atoms with Crippen LogP contribution in [0.5, 0.6) is 0 Å². The van der Waals surface area contributed by atoms with Gasteiger partial charge in [0.1, 0.15) is 33.9 Å². The Balaban J connectivity index is 1.70. The standard InChI is InChI=1S/C25H17N5O4S/c1-33-25(32)15-7-3-2-6-14(15)18-10-11-19(34-18)23(30-21(27)12-22(31)29-30)16(13-26)24-28-17-8-4-5-9-20(17)35-24/h2-11,27H,12H2,1H3,(H,29,31)/b23-16-,27-21?. The summed E-state index contributed by atoms with van der Waals surface area (Å²) < 4.78 is 11.9. The number of ether oxygens (including phenoxy) is 1. The number of furan rings is 1. The molecule has 0 saturated carbocycles. The van der Waals surface area contributed by atoms with Crippen LogP contribution in [0.3, 0.4) is 0 Å². The number of carbonyl (C=O) groups excluding carboxylic acids is 2. The average molecular weight is 484 g/mol. The number of hydrazine groups is 1. The second-order valence-corrected chi connectivity index (χ2v) is 8.55. The Kier molecular flexibility index (Phi) is 5.60. The van der Waals surface area contributed by atoms with Crippen LogP contribution in [-0.2, 0) is 9.53 Å². The summed E-state index contributed by atoms with van der Waals surface area (Å²) in [4.78, 5) is 28.9. The molecule has 172 valence electrons. The van der Waals surface area contributed by atoms with Crippen molar-refractivity contribution in [1.82, 2.24) is 15.4 Å². The summed E-state index contributed by atoms with van der Waals surface area (Å²) in [6.45, 7) is 0. The van der Waals surface area contributed by atoms with Crippen LogP contribution in [0.2, 0.25) is 0 Å². The van der Waals surface area contributed by atoms with E-state index in [0.717, 1.165) is 10.2 Å². The van der Waals surface area contributed by atoms with Gasteiger partial charge >= 0.3 is 5.97 Å². The van der Waals surface area contributed by atoms with Gasteiger partial charge in [0.05, 0.1) is 29.3 Å². The van der Waals surface area contributed by atoms with Crippen LogP contribution in [-0.4, -0.2) is 34.8 Å². The van der Waals surface area contributed by atoms with Crippen molar-refractivity contribution in [2.75, 3.05) is 7.11 Å². The number of nitriles is 1. The van der Waals surface area contributed by atoms with E-state index in [9.17, 15) is 14.9 Å². The molecule has 1 fully saturated rings. The number of carbonyl (C=O) groups is 2. The van der Waals surface area contributed by atoms with Gasteiger partial charge in [0.2, 0.25) is 5.91 Å². The Morgan fingerprint density at radius 3 is 2.69 bits per heavy atom. The van der Waals surface area contributed by atoms with Crippen molar-refractivity contribution in [1.29, 1.82) is 10.7 Å². The monoisotopic (exact) mass is 483 g/mol. The number of esters is 1. The number of rotatable bonds is 5. The number of nitrogens with zero attached hydrogens (tertiary/aromatic N) is 3. The first kappa shape index (κ1) is 22.1. The number of fused-ring (bicyclic) bond motifs is 1. The molecule has 0 radical (unpaired) electrons. The molecule has 0 unspecified atom stereocenters. The summed E-state index contributed by atoms with van der Waals surface area (Å²) in [6.07, 6.45) is -0.138. The summed E-state index contributed by atoms with van der Waals surface area (Å²) in [7, 11) is 1.30. The van der Waals surface area contributed by atoms with E-state index in [0.29, 0.717) is 21.9 Å². The third-order valence-electron chi connectivity index (χ3n) is 5.35. The lowest BCUT2D eigenvalue weighted by Crippen LogP contribution is -2.34. The lowest BCUT2D eigenvalue weighted by Gasteiger charge is -2.20. The number of hydrogen-bond donors (Lipinski definition) is 2. The molecule has 35 heavy (non-hydrogen) atoms. The summed E-state index contributed by atoms with van der Waals surface area (Å²) in [6, 6.07) is 19.8. The van der Waals surface area contributed by atoms with Crippen LogP contribution in [0.1, 0.15) is 27.5 Å². The molecule has 1 amide bonds. The van der Waals surface area contributed by atoms with E-state index in [2.05, 4.69) is 16.5 Å². The normalized spacial score (nSPS) is 14.0. The van der Waals surface area contributed by atoms with Crippen LogP contribution in [0.25, 0.3) is 32.8 Å². The molecule has 0 aliphatic carbocycles. The highest BCUT2D eigenvalue weighted by Gasteiger charge is 2.33. The van der Waals surface area contributed by atoms with Crippen molar-refractivity contribution >= 4 is 50.5 Å². The fraction of sp³-hybridized carbons (Fsp3) is 0.0800. The molecular formula is C25H17N5O4S. The SMILES string of the molecule is COC(=O)c1ccccc1-c1ccc(/C(=C(\C#N)c2nc3ccccc3s2)N2NC(=O)CC2=N)o1. The van der Waals surface area contributed by atoms with Crippen molar-refractivity contribution in [3.63, 3.8) is 0 Å². The Labute approximate surface area is 203 Å². The van der Waals surface area contributed by atoms with Crippen LogP contribution in [0.4, 0.5) is 0 Å². The number of nitrogens with one attached hydrogen (secondary N) is 2. The van der Waals surface area contributed by atoms with Gasteiger partial charge in [0, 0.05) is 5.56 Å². The number of thiazole rings is 1. The van der Waals surface area contributed by atoms with Crippen molar-refractivity contribution in [2.24, 2.45) is 0 Å². The van der Waals surface area contributed by atoms with Crippen LogP contribution >= 0.6 is 11.3 Å². The summed E-state index contributed by atoms with van der Waals surface area (Å²) >= 11 is 1.32. The van der Waals surface area contributed by atoms with E-state index < -0.39 is 5.97 Å². The second kappa shape index (κ2) is 8.89. The smallest absolute Gasteiger partial charge is 0.338 e. The van der Waals surface area contributed by atoms with Gasteiger partial charge in [-0.2, -0.15) is 5.26 Å². The highest BCUT2D eigenvalue weighted by molar-refractivity contribution is 7.19. The van der Waals surface area contributed by atoms with Gasteiger partial charge < -0.3 is 9.15 Å². The molecule has 0 atom stereocenters. The van der Waals surface area contributed by atoms with Gasteiger partial charge in [-0.3, -0.25) is 15.6 Å². The lowest BCUT2D eigenvalue weighted by molar-refractivity contribution is -0.120. The number of benzene rings is 2. The minimum absolute atomic E-state index is 0.0354. The molecule has 5 rings (SSSR count). The zero-order chi connectivity index (χ0) is 24.5. The molecule has 1 saturated heterocycles. The van der Waals surface area contributed by atoms with Gasteiger partial charge in [-0.1, -0.05) is 30.3 Å². The number of aromatic nitrogens is 1. The van der Waals surface area contributed by atoms with Gasteiger partial charge in [0.25, 0.3) is 0 Å². The van der Waals surface area contributed by atoms with Crippen LogP contribution < -0.4 is 5.43 Å². The molecular weight excluding hydrogens is 466 g/mol. The molecule has 1 aliphatic rings. The van der Waals surface area contributed by atoms with E-state index in [1.54, 1.807) is 36.4 Å². The molecule has 3 heterocycles. The first-order valence-electron chi connectivity index (χ1n) is 10.5. The zero-order valence-electron chi connectivity index (χ0n) is 18.4. The molecule has 10 heteroatoms. The van der Waals surface area contributed by atoms with Gasteiger partial charge in [-0.05, 0) is 30.3 Å². The number of hydrogen-bond acceptors (Lipinski definition) is 8. The predicted octanol–water partition coefficient (Wildman–Crippen LogP) is 4.45. The van der Waals surface area contributed by atoms with E-state index >= 15 is 0 Å². The summed E-state index contributed by atoms with van der Waals surface area (Å²) in [5.74, 6) is -0.349. The first-order chi connectivity index (χ1) is 17.0. The van der Waals surface area contributed by atoms with E-state index in [1.807, 2.05) is 24.3 Å². The van der Waals surface area contributed by atoms with E-state index in [4.69, 9.17) is 14.6 Å². The molecule has 9 nitrogen and oxygen atoms in total. The quantitative estimate of drug-likeness (QED) is 0.317. The second-order valence-electron chi connectivity index (χ2n) is 7.52. The molecule has 4 aromatic rings. The van der Waals surface area contributed by atoms with Crippen molar-refractivity contribution in [3.8, 4) is 17.4 Å². The van der Waals surface area contributed by atoms with Gasteiger partial charge in [0.15, 0.2) is 5.76 Å². The van der Waals surface area contributed by atoms with E-state index in [1.165, 1.54) is 23.5 Å². The number of methoxy groups -OCH3 is 1. The topological polar surface area (TPSA) is 132 Å². The zero-order valence-corrected chi connectivity index (χ0v) is 19.2. The Morgan fingerprint density at radius 2 is 1.97 bits per heavy atom. The third kappa shape index (κ3) is 3.94. The van der Waals surface area contributed by atoms with Gasteiger partial charge in [-0.15, -0.1) is 11.3 Å². The number of amidine groups is 1. The summed E-state index contributed by atoms with van der Waals surface area (Å²) in [5.41, 5.74) is 4.48. The van der Waals surface area contributed by atoms with Crippen LogP contribution in [0, 0.1) is 16.7 Å². The Hall–Kier alpha value is -4.75. The number of para-hydroxylation sites is 1. The number of allylic oxidation sites excluding steroid dienone is 1. The first-order valence-corrected chi connectivity index (χ1v) is 11.3. The molecule has 1 aliphatic heterocycles. The maximum Gasteiger partial charge on any atom is 0.338 e. The largest absolute Gasteiger partial charge is 0.465 e. The molecule has 2 aromatic heterocycles.